The molecule has 0 amide bonds. The van der Waals surface area contributed by atoms with Crippen LogP contribution in [0.3, 0.4) is 0 Å². The second kappa shape index (κ2) is 7.92. The summed E-state index contributed by atoms with van der Waals surface area (Å²) in [6, 6.07) is 24.8. The predicted molar refractivity (Wildman–Crippen MR) is 108 cm³/mol. The van der Waals surface area contributed by atoms with Crippen molar-refractivity contribution in [3.8, 4) is 11.1 Å². The number of hydrogen-bond acceptors (Lipinski definition) is 1. The summed E-state index contributed by atoms with van der Waals surface area (Å²) >= 11 is 0. The molecule has 3 aromatic carbocycles. The average Bonchev–Trinajstić information content (AvgIpc) is 2.69. The largest absolute Gasteiger partial charge is 0.274 e. The van der Waals surface area contributed by atoms with Gasteiger partial charge >= 0.3 is 0 Å². The molecule has 0 saturated heterocycles. The molecule has 0 saturated carbocycles. The van der Waals surface area contributed by atoms with E-state index in [4.69, 9.17) is 5.41 Å². The van der Waals surface area contributed by atoms with Gasteiger partial charge in [0.1, 0.15) is 0 Å². The molecule has 1 N–H and O–H groups in total. The second-order valence-electron chi connectivity index (χ2n) is 6.37. The van der Waals surface area contributed by atoms with E-state index in [9.17, 15) is 4.39 Å². The van der Waals surface area contributed by atoms with Crippen molar-refractivity contribution >= 4 is 11.5 Å². The maximum Gasteiger partial charge on any atom is 0.212 e. The molecule has 3 aromatic rings. The third-order valence-corrected chi connectivity index (χ3v) is 4.66. The lowest BCUT2D eigenvalue weighted by Gasteiger charge is -2.12. The summed E-state index contributed by atoms with van der Waals surface area (Å²) in [5.41, 5.74) is 6.86. The number of allylic oxidation sites excluding steroid dienone is 1. The SMILES string of the molecule is C=C(C(=N)F)c1ccc(Cc2ccc(-c3ccccc3)cc2)c(CC)c1. The van der Waals surface area contributed by atoms with Crippen molar-refractivity contribution in [3.05, 3.63) is 102 Å². The fourth-order valence-corrected chi connectivity index (χ4v) is 3.11. The Morgan fingerprint density at radius 1 is 0.885 bits per heavy atom. The highest BCUT2D eigenvalue weighted by atomic mass is 19.1. The first kappa shape index (κ1) is 17.8. The van der Waals surface area contributed by atoms with E-state index in [0.29, 0.717) is 5.56 Å². The van der Waals surface area contributed by atoms with Crippen LogP contribution in [0.4, 0.5) is 4.39 Å². The normalized spacial score (nSPS) is 10.5. The molecule has 130 valence electrons. The van der Waals surface area contributed by atoms with E-state index in [1.807, 2.05) is 36.4 Å². The molecule has 26 heavy (non-hydrogen) atoms. The molecule has 3 rings (SSSR count). The van der Waals surface area contributed by atoms with Gasteiger partial charge < -0.3 is 0 Å². The molecule has 0 aliphatic carbocycles. The van der Waals surface area contributed by atoms with Crippen molar-refractivity contribution in [2.45, 2.75) is 19.8 Å². The standard InChI is InChI=1S/C24H22FN/c1-3-19-16-22(17(2)24(25)26)13-14-23(19)15-18-9-11-21(12-10-18)20-7-5-4-6-8-20/h4-14,16,26H,2-3,15H2,1H3. The number of nitrogens with one attached hydrogen (secondary N) is 1. The Hall–Kier alpha value is -3.00. The Morgan fingerprint density at radius 2 is 1.54 bits per heavy atom. The molecule has 0 fully saturated rings. The van der Waals surface area contributed by atoms with Gasteiger partial charge in [-0.1, -0.05) is 86.3 Å². The Kier molecular flexibility index (Phi) is 5.43. The number of benzene rings is 3. The van der Waals surface area contributed by atoms with Crippen LogP contribution >= 0.6 is 0 Å². The molecule has 0 aliphatic rings. The smallest absolute Gasteiger partial charge is 0.212 e. The minimum Gasteiger partial charge on any atom is -0.274 e. The quantitative estimate of drug-likeness (QED) is 0.496. The number of halogens is 1. The van der Waals surface area contributed by atoms with Gasteiger partial charge in [0.25, 0.3) is 0 Å². The first-order valence-electron chi connectivity index (χ1n) is 8.78. The van der Waals surface area contributed by atoms with Crippen LogP contribution in [-0.4, -0.2) is 5.97 Å². The summed E-state index contributed by atoms with van der Waals surface area (Å²) < 4.78 is 13.1. The zero-order chi connectivity index (χ0) is 18.5. The highest BCUT2D eigenvalue weighted by molar-refractivity contribution is 6.16. The molecule has 0 heterocycles. The predicted octanol–water partition coefficient (Wildman–Crippen LogP) is 6.47. The molecule has 0 bridgehead atoms. The van der Waals surface area contributed by atoms with E-state index in [0.717, 1.165) is 18.4 Å². The minimum absolute atomic E-state index is 0.137. The van der Waals surface area contributed by atoms with Gasteiger partial charge in [-0.05, 0) is 46.2 Å². The lowest BCUT2D eigenvalue weighted by atomic mass is 9.93. The van der Waals surface area contributed by atoms with Crippen LogP contribution in [0.5, 0.6) is 0 Å². The fourth-order valence-electron chi connectivity index (χ4n) is 3.11. The molecule has 0 spiro atoms. The van der Waals surface area contributed by atoms with E-state index in [1.165, 1.54) is 22.3 Å². The minimum atomic E-state index is -0.976. The summed E-state index contributed by atoms with van der Waals surface area (Å²) in [7, 11) is 0. The van der Waals surface area contributed by atoms with E-state index in [1.54, 1.807) is 0 Å². The maximum absolute atomic E-state index is 13.1. The Bertz CT molecular complexity index is 924. The van der Waals surface area contributed by atoms with Crippen LogP contribution < -0.4 is 0 Å². The van der Waals surface area contributed by atoms with Crippen molar-refractivity contribution in [2.24, 2.45) is 0 Å². The average molecular weight is 343 g/mol. The molecule has 0 radical (unpaired) electrons. The summed E-state index contributed by atoms with van der Waals surface area (Å²) in [5, 5.41) is 7.12. The summed E-state index contributed by atoms with van der Waals surface area (Å²) in [5.74, 6) is -0.976. The Labute approximate surface area is 154 Å². The zero-order valence-corrected chi connectivity index (χ0v) is 14.9. The molecular weight excluding hydrogens is 321 g/mol. The van der Waals surface area contributed by atoms with Crippen LogP contribution in [0, 0.1) is 5.41 Å². The van der Waals surface area contributed by atoms with Gasteiger partial charge in [0.2, 0.25) is 5.97 Å². The third-order valence-electron chi connectivity index (χ3n) is 4.66. The van der Waals surface area contributed by atoms with E-state index in [-0.39, 0.29) is 5.57 Å². The van der Waals surface area contributed by atoms with Crippen molar-refractivity contribution in [1.29, 1.82) is 5.41 Å². The topological polar surface area (TPSA) is 23.9 Å². The first-order valence-corrected chi connectivity index (χ1v) is 8.78. The lowest BCUT2D eigenvalue weighted by Crippen LogP contribution is -1.98. The van der Waals surface area contributed by atoms with E-state index < -0.39 is 5.97 Å². The molecule has 1 nitrogen and oxygen atoms in total. The molecular formula is C24H22FN. The van der Waals surface area contributed by atoms with Crippen molar-refractivity contribution in [2.75, 3.05) is 0 Å². The van der Waals surface area contributed by atoms with Crippen molar-refractivity contribution in [3.63, 3.8) is 0 Å². The Balaban J connectivity index is 1.82. The van der Waals surface area contributed by atoms with Crippen LogP contribution in [-0.2, 0) is 12.8 Å². The number of aryl methyl sites for hydroxylation is 1. The molecule has 0 atom stereocenters. The third kappa shape index (κ3) is 3.97. The summed E-state index contributed by atoms with van der Waals surface area (Å²) in [6.45, 7) is 5.74. The fraction of sp³-hybridized carbons (Fsp3) is 0.125. The first-order chi connectivity index (χ1) is 12.6. The monoisotopic (exact) mass is 343 g/mol. The summed E-state index contributed by atoms with van der Waals surface area (Å²) in [4.78, 5) is 0. The van der Waals surface area contributed by atoms with Gasteiger partial charge in [0.15, 0.2) is 0 Å². The highest BCUT2D eigenvalue weighted by Gasteiger charge is 2.09. The molecule has 0 unspecified atom stereocenters. The van der Waals surface area contributed by atoms with Crippen LogP contribution in [0.2, 0.25) is 0 Å². The molecule has 2 heteroatoms. The second-order valence-corrected chi connectivity index (χ2v) is 6.37. The van der Waals surface area contributed by atoms with Crippen molar-refractivity contribution < 1.29 is 4.39 Å². The maximum atomic E-state index is 13.1. The van der Waals surface area contributed by atoms with Crippen molar-refractivity contribution in [1.82, 2.24) is 0 Å². The van der Waals surface area contributed by atoms with Gasteiger partial charge in [-0.2, -0.15) is 4.39 Å². The number of hydrogen-bond donors (Lipinski definition) is 1. The van der Waals surface area contributed by atoms with Crippen LogP contribution in [0.15, 0.2) is 79.4 Å². The van der Waals surface area contributed by atoms with Crippen LogP contribution in [0.25, 0.3) is 16.7 Å². The van der Waals surface area contributed by atoms with Gasteiger partial charge in [-0.25, -0.2) is 0 Å². The zero-order valence-electron chi connectivity index (χ0n) is 14.9. The van der Waals surface area contributed by atoms with E-state index in [2.05, 4.69) is 49.9 Å². The van der Waals surface area contributed by atoms with Crippen LogP contribution in [0.1, 0.15) is 29.2 Å². The lowest BCUT2D eigenvalue weighted by molar-refractivity contribution is 0.807. The highest BCUT2D eigenvalue weighted by Crippen LogP contribution is 2.24. The van der Waals surface area contributed by atoms with Gasteiger partial charge in [-0.3, -0.25) is 5.41 Å². The number of rotatable bonds is 6. The van der Waals surface area contributed by atoms with Gasteiger partial charge in [-0.15, -0.1) is 0 Å². The Morgan fingerprint density at radius 3 is 2.15 bits per heavy atom. The van der Waals surface area contributed by atoms with Gasteiger partial charge in [0.05, 0.1) is 0 Å². The van der Waals surface area contributed by atoms with Gasteiger partial charge in [0, 0.05) is 5.57 Å². The molecule has 0 aliphatic heterocycles. The van der Waals surface area contributed by atoms with E-state index >= 15 is 0 Å². The summed E-state index contributed by atoms with van der Waals surface area (Å²) in [6.07, 6.45) is 1.69. The molecule has 0 aromatic heterocycles.